The van der Waals surface area contributed by atoms with Gasteiger partial charge in [0, 0.05) is 10.0 Å². The van der Waals surface area contributed by atoms with E-state index in [2.05, 4.69) is 20.9 Å². The van der Waals surface area contributed by atoms with Crippen LogP contribution in [-0.4, -0.2) is 28.7 Å². The fourth-order valence-corrected chi connectivity index (χ4v) is 3.22. The molecule has 0 spiro atoms. The van der Waals surface area contributed by atoms with Gasteiger partial charge in [-0.1, -0.05) is 28.1 Å². The summed E-state index contributed by atoms with van der Waals surface area (Å²) in [5.41, 5.74) is 1.06. The van der Waals surface area contributed by atoms with E-state index in [0.29, 0.717) is 35.6 Å². The van der Waals surface area contributed by atoms with Gasteiger partial charge in [-0.3, -0.25) is 14.2 Å². The first kappa shape index (κ1) is 17.5. The molecule has 8 heteroatoms. The summed E-state index contributed by atoms with van der Waals surface area (Å²) in [4.78, 5) is 28.8. The summed E-state index contributed by atoms with van der Waals surface area (Å²) in [6.07, 6.45) is 1.35. The van der Waals surface area contributed by atoms with Crippen LogP contribution in [0.4, 0.5) is 0 Å². The molecule has 7 nitrogen and oxygen atoms in total. The zero-order valence-electron chi connectivity index (χ0n) is 14.2. The maximum atomic E-state index is 12.4. The molecule has 1 aliphatic rings. The van der Waals surface area contributed by atoms with Gasteiger partial charge in [0.2, 0.25) is 0 Å². The van der Waals surface area contributed by atoms with Gasteiger partial charge in [-0.15, -0.1) is 0 Å². The molecule has 0 amide bonds. The monoisotopic (exact) mass is 430 g/mol. The van der Waals surface area contributed by atoms with E-state index in [-0.39, 0.29) is 18.7 Å². The van der Waals surface area contributed by atoms with E-state index in [1.54, 1.807) is 36.4 Å². The van der Waals surface area contributed by atoms with Crippen molar-refractivity contribution in [1.29, 1.82) is 0 Å². The Morgan fingerprint density at radius 3 is 2.74 bits per heavy atom. The molecule has 4 rings (SSSR count). The van der Waals surface area contributed by atoms with E-state index < -0.39 is 5.97 Å². The quantitative estimate of drug-likeness (QED) is 0.592. The maximum absolute atomic E-state index is 12.4. The number of para-hydroxylation sites is 1. The molecule has 2 aromatic carbocycles. The van der Waals surface area contributed by atoms with Crippen molar-refractivity contribution in [2.24, 2.45) is 0 Å². The first-order chi connectivity index (χ1) is 13.1. The molecule has 0 saturated heterocycles. The SMILES string of the molecule is O=C(Cn1cnc2ccccc2c1=O)OCc1cc2c(cc1Br)OCCO2. The van der Waals surface area contributed by atoms with Gasteiger partial charge in [0.05, 0.1) is 17.2 Å². The van der Waals surface area contributed by atoms with Gasteiger partial charge in [-0.05, 0) is 24.3 Å². The molecule has 3 aromatic rings. The van der Waals surface area contributed by atoms with Crippen molar-refractivity contribution in [3.8, 4) is 11.5 Å². The standard InChI is InChI=1S/C19H15BrN2O5/c20-14-8-17-16(25-5-6-26-17)7-12(14)10-27-18(23)9-22-11-21-15-4-2-1-3-13(15)19(22)24/h1-4,7-8,11H,5-6,9-10H2. The number of hydrogen-bond acceptors (Lipinski definition) is 6. The lowest BCUT2D eigenvalue weighted by Crippen LogP contribution is -2.25. The molecule has 0 N–H and O–H groups in total. The summed E-state index contributed by atoms with van der Waals surface area (Å²) in [6.45, 7) is 0.818. The van der Waals surface area contributed by atoms with E-state index in [0.717, 1.165) is 10.0 Å². The Bertz CT molecular complexity index is 1080. The van der Waals surface area contributed by atoms with Crippen molar-refractivity contribution in [1.82, 2.24) is 9.55 Å². The molecule has 0 bridgehead atoms. The van der Waals surface area contributed by atoms with Crippen LogP contribution < -0.4 is 15.0 Å². The largest absolute Gasteiger partial charge is 0.486 e. The fraction of sp³-hybridized carbons (Fsp3) is 0.211. The lowest BCUT2D eigenvalue weighted by molar-refractivity contribution is -0.145. The Morgan fingerprint density at radius 2 is 1.93 bits per heavy atom. The van der Waals surface area contributed by atoms with Crippen LogP contribution in [0.1, 0.15) is 5.56 Å². The second-order valence-electron chi connectivity index (χ2n) is 5.94. The zero-order valence-corrected chi connectivity index (χ0v) is 15.8. The lowest BCUT2D eigenvalue weighted by atomic mass is 10.2. The Balaban J connectivity index is 1.46. The van der Waals surface area contributed by atoms with Crippen molar-refractivity contribution < 1.29 is 19.0 Å². The average molecular weight is 431 g/mol. The number of nitrogens with zero attached hydrogens (tertiary/aromatic N) is 2. The van der Waals surface area contributed by atoms with Crippen LogP contribution in [0.2, 0.25) is 0 Å². The van der Waals surface area contributed by atoms with Gasteiger partial charge < -0.3 is 14.2 Å². The van der Waals surface area contributed by atoms with Gasteiger partial charge in [-0.25, -0.2) is 4.98 Å². The van der Waals surface area contributed by atoms with Gasteiger partial charge in [0.25, 0.3) is 5.56 Å². The molecular formula is C19H15BrN2O5. The summed E-state index contributed by atoms with van der Waals surface area (Å²) < 4.78 is 18.4. The Kier molecular flexibility index (Phi) is 4.81. The number of rotatable bonds is 4. The van der Waals surface area contributed by atoms with E-state index in [1.165, 1.54) is 10.9 Å². The third-order valence-electron chi connectivity index (χ3n) is 4.13. The lowest BCUT2D eigenvalue weighted by Gasteiger charge is -2.20. The van der Waals surface area contributed by atoms with E-state index >= 15 is 0 Å². The highest BCUT2D eigenvalue weighted by molar-refractivity contribution is 9.10. The summed E-state index contributed by atoms with van der Waals surface area (Å²) in [5.74, 6) is 0.735. The molecular weight excluding hydrogens is 416 g/mol. The highest BCUT2D eigenvalue weighted by Gasteiger charge is 2.16. The minimum atomic E-state index is -0.532. The Morgan fingerprint density at radius 1 is 1.19 bits per heavy atom. The summed E-state index contributed by atoms with van der Waals surface area (Å²) in [7, 11) is 0. The highest BCUT2D eigenvalue weighted by atomic mass is 79.9. The minimum Gasteiger partial charge on any atom is -0.486 e. The number of ether oxygens (including phenoxy) is 3. The molecule has 0 radical (unpaired) electrons. The number of fused-ring (bicyclic) bond motifs is 2. The first-order valence-electron chi connectivity index (χ1n) is 8.29. The Labute approximate surface area is 162 Å². The van der Waals surface area contributed by atoms with Crippen molar-refractivity contribution in [3.05, 3.63) is 63.1 Å². The van der Waals surface area contributed by atoms with Gasteiger partial charge in [0.1, 0.15) is 26.4 Å². The average Bonchev–Trinajstić information content (AvgIpc) is 2.69. The van der Waals surface area contributed by atoms with Crippen molar-refractivity contribution >= 4 is 32.8 Å². The summed E-state index contributed by atoms with van der Waals surface area (Å²) in [5, 5.41) is 0.461. The second-order valence-corrected chi connectivity index (χ2v) is 6.80. The third kappa shape index (κ3) is 3.66. The number of carbonyl (C=O) groups is 1. The zero-order chi connectivity index (χ0) is 18.8. The van der Waals surface area contributed by atoms with E-state index in [9.17, 15) is 9.59 Å². The van der Waals surface area contributed by atoms with Crippen molar-refractivity contribution in [2.75, 3.05) is 13.2 Å². The maximum Gasteiger partial charge on any atom is 0.326 e. The molecule has 1 aromatic heterocycles. The number of hydrogen-bond donors (Lipinski definition) is 0. The smallest absolute Gasteiger partial charge is 0.326 e. The normalized spacial score (nSPS) is 12.8. The van der Waals surface area contributed by atoms with E-state index in [1.807, 2.05) is 0 Å². The molecule has 2 heterocycles. The number of carbonyl (C=O) groups excluding carboxylic acids is 1. The first-order valence-corrected chi connectivity index (χ1v) is 9.09. The topological polar surface area (TPSA) is 79.7 Å². The summed E-state index contributed by atoms with van der Waals surface area (Å²) in [6, 6.07) is 10.6. The van der Waals surface area contributed by atoms with Crippen LogP contribution in [0.15, 0.2) is 52.0 Å². The van der Waals surface area contributed by atoms with Crippen LogP contribution in [-0.2, 0) is 22.7 Å². The van der Waals surface area contributed by atoms with Crippen molar-refractivity contribution in [3.63, 3.8) is 0 Å². The molecule has 0 saturated carbocycles. The number of benzene rings is 2. The predicted molar refractivity (Wildman–Crippen MR) is 101 cm³/mol. The highest BCUT2D eigenvalue weighted by Crippen LogP contribution is 2.35. The number of esters is 1. The summed E-state index contributed by atoms with van der Waals surface area (Å²) >= 11 is 3.44. The molecule has 27 heavy (non-hydrogen) atoms. The van der Waals surface area contributed by atoms with Crippen LogP contribution in [0, 0.1) is 0 Å². The number of aromatic nitrogens is 2. The van der Waals surface area contributed by atoms with E-state index in [4.69, 9.17) is 14.2 Å². The van der Waals surface area contributed by atoms with Gasteiger partial charge >= 0.3 is 5.97 Å². The van der Waals surface area contributed by atoms with Gasteiger partial charge in [0.15, 0.2) is 11.5 Å². The fourth-order valence-electron chi connectivity index (χ4n) is 2.78. The third-order valence-corrected chi connectivity index (χ3v) is 4.87. The minimum absolute atomic E-state index is 0.0474. The molecule has 0 atom stereocenters. The molecule has 0 unspecified atom stereocenters. The van der Waals surface area contributed by atoms with Crippen LogP contribution in [0.5, 0.6) is 11.5 Å². The molecule has 138 valence electrons. The Hall–Kier alpha value is -2.87. The van der Waals surface area contributed by atoms with Gasteiger partial charge in [-0.2, -0.15) is 0 Å². The molecule has 1 aliphatic heterocycles. The predicted octanol–water partition coefficient (Wildman–Crippen LogP) is 2.67. The molecule has 0 fully saturated rings. The van der Waals surface area contributed by atoms with Crippen LogP contribution in [0.3, 0.4) is 0 Å². The second kappa shape index (κ2) is 7.40. The van der Waals surface area contributed by atoms with Crippen LogP contribution >= 0.6 is 15.9 Å². The molecule has 0 aliphatic carbocycles. The van der Waals surface area contributed by atoms with Crippen molar-refractivity contribution in [2.45, 2.75) is 13.2 Å². The van der Waals surface area contributed by atoms with Crippen LogP contribution in [0.25, 0.3) is 10.9 Å². The number of halogens is 1.